The molecule has 1 aliphatic rings. The molecular weight excluding hydrogens is 478 g/mol. The Bertz CT molecular complexity index is 1370. The van der Waals surface area contributed by atoms with Crippen molar-refractivity contribution in [1.82, 2.24) is 0 Å². The number of carbonyl (C=O) groups is 1. The summed E-state index contributed by atoms with van der Waals surface area (Å²) in [7, 11) is -4.08. The molecule has 4 rings (SSSR count). The normalized spacial score (nSPS) is 15.1. The summed E-state index contributed by atoms with van der Waals surface area (Å²) in [6, 6.07) is 19.2. The number of nitrogens with one attached hydrogen (secondary N) is 1. The van der Waals surface area contributed by atoms with Gasteiger partial charge in [0.2, 0.25) is 5.91 Å². The lowest BCUT2D eigenvalue weighted by atomic mass is 10.1. The largest absolute Gasteiger partial charge is 0.484 e. The first-order chi connectivity index (χ1) is 16.3. The molecule has 0 unspecified atom stereocenters. The number of hydrogen-bond donors (Lipinski definition) is 2. The third-order valence-corrected chi connectivity index (χ3v) is 7.23. The zero-order valence-corrected chi connectivity index (χ0v) is 19.4. The standard InChI is InChI=1S/C24H20ClN3O5S/c25-18-6-4-16(5-7-18)11-24(30)27-19-8-9-23-22(12-19)28(14-20(15-29)33-23)34(31,32)21-3-1-2-17(10-21)13-26/h1-10,12,20,29H,11,14-15H2,(H,27,30)/t20-/m0/s1. The minimum absolute atomic E-state index is 0.0618. The molecule has 34 heavy (non-hydrogen) atoms. The molecular formula is C24H20ClN3O5S. The summed E-state index contributed by atoms with van der Waals surface area (Å²) in [6.07, 6.45) is -0.660. The van der Waals surface area contributed by atoms with Crippen LogP contribution in [-0.4, -0.2) is 38.7 Å². The van der Waals surface area contributed by atoms with E-state index in [1.165, 1.54) is 30.3 Å². The van der Waals surface area contributed by atoms with Crippen molar-refractivity contribution in [1.29, 1.82) is 5.26 Å². The van der Waals surface area contributed by atoms with Gasteiger partial charge in [-0.15, -0.1) is 0 Å². The fourth-order valence-electron chi connectivity index (χ4n) is 3.56. The molecule has 2 N–H and O–H groups in total. The van der Waals surface area contributed by atoms with E-state index in [2.05, 4.69) is 5.32 Å². The topological polar surface area (TPSA) is 120 Å². The lowest BCUT2D eigenvalue weighted by molar-refractivity contribution is -0.115. The van der Waals surface area contributed by atoms with Gasteiger partial charge < -0.3 is 15.2 Å². The fourth-order valence-corrected chi connectivity index (χ4v) is 5.23. The minimum atomic E-state index is -4.08. The van der Waals surface area contributed by atoms with Crippen LogP contribution in [-0.2, 0) is 21.2 Å². The number of fused-ring (bicyclic) bond motifs is 1. The summed E-state index contributed by atoms with van der Waals surface area (Å²) in [5.74, 6) is -0.0376. The average molecular weight is 498 g/mol. The molecule has 3 aromatic rings. The molecule has 174 valence electrons. The number of sulfonamides is 1. The number of halogens is 1. The molecule has 0 saturated heterocycles. The van der Waals surface area contributed by atoms with Gasteiger partial charge in [0.1, 0.15) is 11.9 Å². The second-order valence-electron chi connectivity index (χ2n) is 7.63. The lowest BCUT2D eigenvalue weighted by Crippen LogP contribution is -2.45. The predicted octanol–water partition coefficient (Wildman–Crippen LogP) is 3.34. The zero-order valence-electron chi connectivity index (χ0n) is 17.8. The molecule has 0 radical (unpaired) electrons. The number of aliphatic hydroxyl groups excluding tert-OH is 1. The van der Waals surface area contributed by atoms with Crippen molar-refractivity contribution in [2.24, 2.45) is 0 Å². The maximum absolute atomic E-state index is 13.5. The number of amides is 1. The zero-order chi connectivity index (χ0) is 24.3. The van der Waals surface area contributed by atoms with Crippen molar-refractivity contribution in [3.05, 3.63) is 82.9 Å². The maximum atomic E-state index is 13.5. The Labute approximate surface area is 202 Å². The van der Waals surface area contributed by atoms with Gasteiger partial charge in [-0.3, -0.25) is 9.10 Å². The molecule has 1 atom stereocenters. The summed E-state index contributed by atoms with van der Waals surface area (Å²) in [5.41, 5.74) is 1.58. The molecule has 0 aromatic heterocycles. The van der Waals surface area contributed by atoms with Gasteiger partial charge in [0.15, 0.2) is 0 Å². The van der Waals surface area contributed by atoms with Crippen LogP contribution in [0.25, 0.3) is 0 Å². The van der Waals surface area contributed by atoms with Gasteiger partial charge in [-0.05, 0) is 54.1 Å². The summed E-state index contributed by atoms with van der Waals surface area (Å²) < 4.78 is 33.8. The van der Waals surface area contributed by atoms with E-state index in [1.54, 1.807) is 36.4 Å². The first-order valence-corrected chi connectivity index (χ1v) is 12.1. The van der Waals surface area contributed by atoms with Crippen molar-refractivity contribution in [3.8, 4) is 11.8 Å². The first-order valence-electron chi connectivity index (χ1n) is 10.3. The van der Waals surface area contributed by atoms with E-state index in [4.69, 9.17) is 21.6 Å². The molecule has 0 spiro atoms. The number of benzene rings is 3. The molecule has 1 amide bonds. The third kappa shape index (κ3) is 4.99. The van der Waals surface area contributed by atoms with Gasteiger partial charge >= 0.3 is 0 Å². The van der Waals surface area contributed by atoms with Crippen molar-refractivity contribution >= 4 is 38.9 Å². The van der Waals surface area contributed by atoms with Gasteiger partial charge in [0.05, 0.1) is 41.8 Å². The number of aliphatic hydroxyl groups is 1. The van der Waals surface area contributed by atoms with Crippen LogP contribution >= 0.6 is 11.6 Å². The van der Waals surface area contributed by atoms with Crippen molar-refractivity contribution < 1.29 is 23.1 Å². The number of anilines is 2. The Hall–Kier alpha value is -3.58. The molecule has 1 heterocycles. The molecule has 0 aliphatic carbocycles. The Kier molecular flexibility index (Phi) is 6.75. The lowest BCUT2D eigenvalue weighted by Gasteiger charge is -2.35. The third-order valence-electron chi connectivity index (χ3n) is 5.21. The van der Waals surface area contributed by atoms with Crippen molar-refractivity contribution in [2.45, 2.75) is 17.4 Å². The highest BCUT2D eigenvalue weighted by atomic mass is 35.5. The van der Waals surface area contributed by atoms with Crippen LogP contribution in [0, 0.1) is 11.3 Å². The minimum Gasteiger partial charge on any atom is -0.484 e. The Morgan fingerprint density at radius 2 is 1.94 bits per heavy atom. The Morgan fingerprint density at radius 1 is 1.18 bits per heavy atom. The van der Waals surface area contributed by atoms with E-state index < -0.39 is 16.1 Å². The second-order valence-corrected chi connectivity index (χ2v) is 9.93. The Morgan fingerprint density at radius 3 is 2.65 bits per heavy atom. The number of carbonyl (C=O) groups excluding carboxylic acids is 1. The van der Waals surface area contributed by atoms with Crippen LogP contribution in [0.5, 0.6) is 5.75 Å². The Balaban J connectivity index is 1.64. The molecule has 1 aliphatic heterocycles. The van der Waals surface area contributed by atoms with E-state index in [0.29, 0.717) is 10.7 Å². The monoisotopic (exact) mass is 497 g/mol. The molecule has 3 aromatic carbocycles. The van der Waals surface area contributed by atoms with Crippen LogP contribution < -0.4 is 14.4 Å². The number of rotatable bonds is 6. The number of nitriles is 1. The molecule has 0 saturated carbocycles. The van der Waals surface area contributed by atoms with Gasteiger partial charge in [-0.25, -0.2) is 8.42 Å². The van der Waals surface area contributed by atoms with E-state index in [0.717, 1.165) is 9.87 Å². The average Bonchev–Trinajstić information content (AvgIpc) is 2.84. The first kappa shape index (κ1) is 23.6. The van der Waals surface area contributed by atoms with Crippen LogP contribution in [0.4, 0.5) is 11.4 Å². The van der Waals surface area contributed by atoms with E-state index >= 15 is 0 Å². The van der Waals surface area contributed by atoms with E-state index in [1.807, 2.05) is 6.07 Å². The molecule has 0 bridgehead atoms. The summed E-state index contributed by atoms with van der Waals surface area (Å²) >= 11 is 5.88. The highest BCUT2D eigenvalue weighted by Gasteiger charge is 2.34. The SMILES string of the molecule is N#Cc1cccc(S(=O)(=O)N2C[C@@H](CO)Oc3ccc(NC(=O)Cc4ccc(Cl)cc4)cc32)c1. The summed E-state index contributed by atoms with van der Waals surface area (Å²) in [4.78, 5) is 12.5. The molecule has 0 fully saturated rings. The fraction of sp³-hybridized carbons (Fsp3) is 0.167. The van der Waals surface area contributed by atoms with E-state index in [-0.39, 0.29) is 47.4 Å². The number of nitrogens with zero attached hydrogens (tertiary/aromatic N) is 2. The van der Waals surface area contributed by atoms with Crippen molar-refractivity contribution in [3.63, 3.8) is 0 Å². The number of ether oxygens (including phenoxy) is 1. The number of hydrogen-bond acceptors (Lipinski definition) is 6. The van der Waals surface area contributed by atoms with Crippen LogP contribution in [0.1, 0.15) is 11.1 Å². The highest BCUT2D eigenvalue weighted by Crippen LogP contribution is 2.39. The summed E-state index contributed by atoms with van der Waals surface area (Å²) in [6.45, 7) is -0.520. The van der Waals surface area contributed by atoms with Crippen LogP contribution in [0.2, 0.25) is 5.02 Å². The van der Waals surface area contributed by atoms with Crippen molar-refractivity contribution in [2.75, 3.05) is 22.8 Å². The summed E-state index contributed by atoms with van der Waals surface area (Å²) in [5, 5.41) is 22.1. The smallest absolute Gasteiger partial charge is 0.264 e. The molecule has 10 heteroatoms. The van der Waals surface area contributed by atoms with Crippen LogP contribution in [0.15, 0.2) is 71.6 Å². The maximum Gasteiger partial charge on any atom is 0.264 e. The van der Waals surface area contributed by atoms with E-state index in [9.17, 15) is 18.3 Å². The quantitative estimate of drug-likeness (QED) is 0.539. The van der Waals surface area contributed by atoms with Gasteiger partial charge in [0.25, 0.3) is 10.0 Å². The predicted molar refractivity (Wildman–Crippen MR) is 127 cm³/mol. The van der Waals surface area contributed by atoms with Gasteiger partial charge in [-0.1, -0.05) is 29.8 Å². The van der Waals surface area contributed by atoms with Crippen LogP contribution in [0.3, 0.4) is 0 Å². The molecule has 8 nitrogen and oxygen atoms in total. The van der Waals surface area contributed by atoms with Gasteiger partial charge in [-0.2, -0.15) is 5.26 Å². The van der Waals surface area contributed by atoms with Gasteiger partial charge in [0, 0.05) is 10.7 Å². The second kappa shape index (κ2) is 9.73. The highest BCUT2D eigenvalue weighted by molar-refractivity contribution is 7.92.